The first-order valence-electron chi connectivity index (χ1n) is 10.7. The molecule has 1 unspecified atom stereocenters. The van der Waals surface area contributed by atoms with Crippen LogP contribution in [0.2, 0.25) is 5.02 Å². The van der Waals surface area contributed by atoms with Gasteiger partial charge in [0.05, 0.1) is 12.1 Å². The van der Waals surface area contributed by atoms with Crippen molar-refractivity contribution in [3.05, 3.63) is 80.9 Å². The fourth-order valence-electron chi connectivity index (χ4n) is 4.00. The fraction of sp³-hybridized carbons (Fsp3) is 0.160. The normalized spacial score (nSPS) is 16.7. The van der Waals surface area contributed by atoms with Crippen molar-refractivity contribution < 1.29 is 19.1 Å². The van der Waals surface area contributed by atoms with Crippen LogP contribution < -0.4 is 19.7 Å². The van der Waals surface area contributed by atoms with Crippen molar-refractivity contribution >= 4 is 74.7 Å². The minimum Gasteiger partial charge on any atom is -0.454 e. The smallest absolute Gasteiger partial charge is 0.256 e. The van der Waals surface area contributed by atoms with Crippen molar-refractivity contribution in [2.75, 3.05) is 17.0 Å². The number of anilines is 2. The molecule has 0 bridgehead atoms. The fourth-order valence-corrected chi connectivity index (χ4v) is 4.87. The zero-order valence-corrected chi connectivity index (χ0v) is 22.0. The first-order chi connectivity index (χ1) is 16.9. The van der Waals surface area contributed by atoms with Crippen molar-refractivity contribution in [1.82, 2.24) is 4.90 Å². The predicted octanol–water partition coefficient (Wildman–Crippen LogP) is 5.20. The molecule has 178 valence electrons. The average molecular weight is 620 g/mol. The molecule has 2 heterocycles. The molecule has 35 heavy (non-hydrogen) atoms. The number of thiocarbonyl (C=S) groups is 1. The van der Waals surface area contributed by atoms with Crippen molar-refractivity contribution in [3.8, 4) is 11.5 Å². The highest BCUT2D eigenvalue weighted by atomic mass is 127. The molecule has 7 nitrogen and oxygen atoms in total. The van der Waals surface area contributed by atoms with Gasteiger partial charge in [-0.1, -0.05) is 17.7 Å². The van der Waals surface area contributed by atoms with Crippen molar-refractivity contribution in [3.63, 3.8) is 0 Å². The third-order valence-electron chi connectivity index (χ3n) is 5.70. The van der Waals surface area contributed by atoms with E-state index in [1.165, 1.54) is 4.90 Å². The van der Waals surface area contributed by atoms with Gasteiger partial charge in [-0.3, -0.25) is 14.5 Å². The summed E-state index contributed by atoms with van der Waals surface area (Å²) in [6.45, 7) is 0.498. The van der Waals surface area contributed by atoms with E-state index in [4.69, 9.17) is 33.3 Å². The third kappa shape index (κ3) is 5.07. The number of hydrogen-bond acceptors (Lipinski definition) is 5. The van der Waals surface area contributed by atoms with Gasteiger partial charge in [-0.05, 0) is 101 Å². The molecular formula is C25H19ClIN3O4S. The number of nitrogens with zero attached hydrogens (tertiary/aromatic N) is 2. The molecule has 0 aliphatic carbocycles. The Labute approximate surface area is 226 Å². The molecule has 1 fully saturated rings. The summed E-state index contributed by atoms with van der Waals surface area (Å²) in [7, 11) is 0. The summed E-state index contributed by atoms with van der Waals surface area (Å²) >= 11 is 14.0. The van der Waals surface area contributed by atoms with Crippen molar-refractivity contribution in [2.24, 2.45) is 0 Å². The summed E-state index contributed by atoms with van der Waals surface area (Å²) in [5.74, 6) is 0.767. The van der Waals surface area contributed by atoms with Crippen LogP contribution in [0, 0.1) is 3.57 Å². The molecule has 10 heteroatoms. The molecule has 1 saturated heterocycles. The number of halogens is 2. The van der Waals surface area contributed by atoms with Gasteiger partial charge in [0.2, 0.25) is 12.7 Å². The Morgan fingerprint density at radius 1 is 1.06 bits per heavy atom. The number of amides is 2. The topological polar surface area (TPSA) is 71.1 Å². The lowest BCUT2D eigenvalue weighted by atomic mass is 10.1. The molecule has 0 saturated carbocycles. The quantitative estimate of drug-likeness (QED) is 0.302. The van der Waals surface area contributed by atoms with Crippen LogP contribution in [-0.2, 0) is 16.1 Å². The standard InChI is InChI=1S/C25H19ClIN3O4S/c26-16-2-8-19(9-3-16)30-24(32)20(12-23(31)28-18-6-4-17(27)5-7-18)29(25(30)35)13-15-1-10-21-22(11-15)34-14-33-21/h1-11,20H,12-14H2,(H,28,31). The summed E-state index contributed by atoms with van der Waals surface area (Å²) in [4.78, 5) is 29.7. The lowest BCUT2D eigenvalue weighted by Gasteiger charge is -2.24. The van der Waals surface area contributed by atoms with Gasteiger partial charge in [-0.15, -0.1) is 0 Å². The van der Waals surface area contributed by atoms with Crippen LogP contribution >= 0.6 is 46.4 Å². The maximum atomic E-state index is 13.6. The monoisotopic (exact) mass is 619 g/mol. The Morgan fingerprint density at radius 2 is 1.77 bits per heavy atom. The van der Waals surface area contributed by atoms with Gasteiger partial charge < -0.3 is 19.7 Å². The van der Waals surface area contributed by atoms with Crippen LogP contribution in [0.4, 0.5) is 11.4 Å². The largest absolute Gasteiger partial charge is 0.454 e. The van der Waals surface area contributed by atoms with Crippen LogP contribution in [0.3, 0.4) is 0 Å². The van der Waals surface area contributed by atoms with Gasteiger partial charge in [0.15, 0.2) is 16.6 Å². The molecule has 0 aromatic heterocycles. The highest BCUT2D eigenvalue weighted by Crippen LogP contribution is 2.35. The van der Waals surface area contributed by atoms with E-state index >= 15 is 0 Å². The van der Waals surface area contributed by atoms with Crippen molar-refractivity contribution in [2.45, 2.75) is 19.0 Å². The maximum absolute atomic E-state index is 13.6. The zero-order chi connectivity index (χ0) is 24.5. The van der Waals surface area contributed by atoms with Gasteiger partial charge in [-0.2, -0.15) is 0 Å². The van der Waals surface area contributed by atoms with E-state index in [1.807, 2.05) is 42.5 Å². The summed E-state index contributed by atoms with van der Waals surface area (Å²) in [5, 5.41) is 3.75. The van der Waals surface area contributed by atoms with Gasteiger partial charge in [0, 0.05) is 20.8 Å². The van der Waals surface area contributed by atoms with Crippen molar-refractivity contribution in [1.29, 1.82) is 0 Å². The number of fused-ring (bicyclic) bond motifs is 1. The van der Waals surface area contributed by atoms with E-state index in [1.54, 1.807) is 29.2 Å². The van der Waals surface area contributed by atoms with Crippen LogP contribution in [0.25, 0.3) is 0 Å². The molecule has 0 spiro atoms. The Bertz CT molecular complexity index is 1300. The Hall–Kier alpha value is -2.89. The number of rotatable bonds is 6. The van der Waals surface area contributed by atoms with Gasteiger partial charge >= 0.3 is 0 Å². The minimum absolute atomic E-state index is 0.0560. The van der Waals surface area contributed by atoms with E-state index in [9.17, 15) is 9.59 Å². The summed E-state index contributed by atoms with van der Waals surface area (Å²) < 4.78 is 11.9. The van der Waals surface area contributed by atoms with Gasteiger partial charge in [0.1, 0.15) is 6.04 Å². The van der Waals surface area contributed by atoms with Crippen LogP contribution in [0.5, 0.6) is 11.5 Å². The molecule has 0 radical (unpaired) electrons. The molecule has 1 N–H and O–H groups in total. The second-order valence-electron chi connectivity index (χ2n) is 8.02. The van der Waals surface area contributed by atoms with Crippen LogP contribution in [-0.4, -0.2) is 34.7 Å². The highest BCUT2D eigenvalue weighted by molar-refractivity contribution is 14.1. The van der Waals surface area contributed by atoms with Crippen LogP contribution in [0.1, 0.15) is 12.0 Å². The lowest BCUT2D eigenvalue weighted by Crippen LogP contribution is -2.37. The minimum atomic E-state index is -0.771. The number of ether oxygens (including phenoxy) is 2. The Balaban J connectivity index is 1.41. The molecule has 2 aliphatic rings. The summed E-state index contributed by atoms with van der Waals surface area (Å²) in [6.07, 6.45) is -0.0560. The number of hydrogen-bond donors (Lipinski definition) is 1. The van der Waals surface area contributed by atoms with E-state index in [2.05, 4.69) is 27.9 Å². The first kappa shape index (κ1) is 23.8. The van der Waals surface area contributed by atoms with E-state index in [-0.39, 0.29) is 25.0 Å². The molecule has 2 amide bonds. The average Bonchev–Trinajstić information content (AvgIpc) is 3.39. The zero-order valence-electron chi connectivity index (χ0n) is 18.2. The number of carbonyl (C=O) groups is 2. The highest BCUT2D eigenvalue weighted by Gasteiger charge is 2.44. The molecule has 3 aromatic carbocycles. The number of benzene rings is 3. The molecule has 1 atom stereocenters. The SMILES string of the molecule is O=C(CC1C(=O)N(c2ccc(Cl)cc2)C(=S)N1Cc1ccc2c(c1)OCO2)Nc1ccc(I)cc1. The molecule has 3 aromatic rings. The maximum Gasteiger partial charge on any atom is 0.256 e. The molecule has 2 aliphatic heterocycles. The first-order valence-corrected chi connectivity index (χ1v) is 12.6. The van der Waals surface area contributed by atoms with E-state index in [0.717, 1.165) is 9.13 Å². The number of carbonyl (C=O) groups excluding carboxylic acids is 2. The van der Waals surface area contributed by atoms with E-state index in [0.29, 0.717) is 39.6 Å². The molecular weight excluding hydrogens is 601 g/mol. The summed E-state index contributed by atoms with van der Waals surface area (Å²) in [5.41, 5.74) is 2.14. The second-order valence-corrected chi connectivity index (χ2v) is 10.1. The number of nitrogens with one attached hydrogen (secondary N) is 1. The predicted molar refractivity (Wildman–Crippen MR) is 146 cm³/mol. The molecule has 5 rings (SSSR count). The Morgan fingerprint density at radius 3 is 2.51 bits per heavy atom. The summed E-state index contributed by atoms with van der Waals surface area (Å²) in [6, 6.07) is 19.1. The van der Waals surface area contributed by atoms with E-state index < -0.39 is 6.04 Å². The van der Waals surface area contributed by atoms with Crippen LogP contribution in [0.15, 0.2) is 66.7 Å². The lowest BCUT2D eigenvalue weighted by molar-refractivity contribution is -0.124. The van der Waals surface area contributed by atoms with Gasteiger partial charge in [-0.25, -0.2) is 0 Å². The van der Waals surface area contributed by atoms with Gasteiger partial charge in [0.25, 0.3) is 5.91 Å². The second kappa shape index (κ2) is 10.00. The third-order valence-corrected chi connectivity index (χ3v) is 7.09. The Kier molecular flexibility index (Phi) is 6.81.